The highest BCUT2D eigenvalue weighted by molar-refractivity contribution is 7.92. The fraction of sp³-hybridized carbons (Fsp3) is 0.0952. The maximum atomic E-state index is 12.4. The Bertz CT molecular complexity index is 1440. The fourth-order valence-electron chi connectivity index (χ4n) is 2.49. The smallest absolute Gasteiger partial charge is 0.343 e. The predicted octanol–water partition coefficient (Wildman–Crippen LogP) is 3.37. The number of nitrogens with one attached hydrogen (secondary N) is 1. The molecule has 1 N–H and O–H groups in total. The molecule has 0 radical (unpaired) electrons. The highest BCUT2D eigenvalue weighted by Gasteiger charge is 2.18. The van der Waals surface area contributed by atoms with Crippen LogP contribution in [0.15, 0.2) is 52.4 Å². The Balaban J connectivity index is 1.75. The van der Waals surface area contributed by atoms with Gasteiger partial charge in [-0.2, -0.15) is 5.26 Å². The molecule has 0 saturated heterocycles. The number of hydrogen-bond donors (Lipinski definition) is 1. The highest BCUT2D eigenvalue weighted by Crippen LogP contribution is 2.28. The molecule has 174 valence electrons. The van der Waals surface area contributed by atoms with Gasteiger partial charge in [-0.1, -0.05) is 35.1 Å². The highest BCUT2D eigenvalue weighted by atomic mass is 35.5. The van der Waals surface area contributed by atoms with Crippen LogP contribution in [-0.4, -0.2) is 43.9 Å². The molecule has 0 bridgehead atoms. The molecule has 0 aliphatic rings. The molecule has 0 spiro atoms. The van der Waals surface area contributed by atoms with Crippen LogP contribution in [0.25, 0.3) is 6.08 Å². The first-order valence-corrected chi connectivity index (χ1v) is 12.3. The Morgan fingerprint density at radius 2 is 1.97 bits per heavy atom. The first kappa shape index (κ1) is 24.8. The second kappa shape index (κ2) is 10.4. The number of nitrogens with zero attached hydrogens (tertiary/aromatic N) is 3. The first-order chi connectivity index (χ1) is 16.1. The standard InChI is InChI=1S/C21H15ClN4O6S2/c1-31-15-5-3-4-13(10-15)19(28)32-17-7-6-12(9-16(17)22)8-14(11-23)18(27)24-20-25-26-21(33-20)34(2,29)30/h3-10H,1-2H3,(H,24,25,27)/b14-8-. The van der Waals surface area contributed by atoms with Gasteiger partial charge >= 0.3 is 5.97 Å². The molecular weight excluding hydrogens is 504 g/mol. The minimum Gasteiger partial charge on any atom is -0.497 e. The number of methoxy groups -OCH3 is 1. The van der Waals surface area contributed by atoms with E-state index in [0.717, 1.165) is 6.26 Å². The molecular formula is C21H15ClN4O6S2. The molecule has 13 heteroatoms. The Kier molecular flexibility index (Phi) is 7.62. The summed E-state index contributed by atoms with van der Waals surface area (Å²) in [5.41, 5.74) is 0.346. The van der Waals surface area contributed by atoms with Gasteiger partial charge in [0, 0.05) is 6.26 Å². The van der Waals surface area contributed by atoms with Crippen molar-refractivity contribution in [2.24, 2.45) is 0 Å². The minimum atomic E-state index is -3.57. The van der Waals surface area contributed by atoms with Crippen molar-refractivity contribution in [3.8, 4) is 17.6 Å². The van der Waals surface area contributed by atoms with Gasteiger partial charge in [-0.15, -0.1) is 10.2 Å². The number of halogens is 1. The normalized spacial score (nSPS) is 11.4. The zero-order valence-electron chi connectivity index (χ0n) is 17.6. The number of carbonyl (C=O) groups excluding carboxylic acids is 2. The third kappa shape index (κ3) is 6.16. The molecule has 34 heavy (non-hydrogen) atoms. The Morgan fingerprint density at radius 1 is 1.21 bits per heavy atom. The zero-order valence-corrected chi connectivity index (χ0v) is 20.0. The molecule has 0 unspecified atom stereocenters. The molecule has 0 saturated carbocycles. The van der Waals surface area contributed by atoms with Gasteiger partial charge in [0.25, 0.3) is 5.91 Å². The predicted molar refractivity (Wildman–Crippen MR) is 125 cm³/mol. The molecule has 0 aliphatic heterocycles. The van der Waals surface area contributed by atoms with Crippen LogP contribution >= 0.6 is 22.9 Å². The largest absolute Gasteiger partial charge is 0.497 e. The number of ether oxygens (including phenoxy) is 2. The lowest BCUT2D eigenvalue weighted by molar-refractivity contribution is -0.112. The number of esters is 1. The van der Waals surface area contributed by atoms with Crippen molar-refractivity contribution in [3.05, 3.63) is 64.2 Å². The molecule has 0 aliphatic carbocycles. The van der Waals surface area contributed by atoms with E-state index in [9.17, 15) is 23.3 Å². The number of carbonyl (C=O) groups is 2. The summed E-state index contributed by atoms with van der Waals surface area (Å²) in [6.07, 6.45) is 2.22. The van der Waals surface area contributed by atoms with Gasteiger partial charge in [-0.3, -0.25) is 10.1 Å². The van der Waals surface area contributed by atoms with Crippen molar-refractivity contribution in [3.63, 3.8) is 0 Å². The van der Waals surface area contributed by atoms with E-state index < -0.39 is 21.7 Å². The number of nitriles is 1. The summed E-state index contributed by atoms with van der Waals surface area (Å²) >= 11 is 6.87. The molecule has 10 nitrogen and oxygen atoms in total. The van der Waals surface area contributed by atoms with Crippen molar-refractivity contribution in [1.29, 1.82) is 5.26 Å². The maximum Gasteiger partial charge on any atom is 0.343 e. The number of aromatic nitrogens is 2. The van der Waals surface area contributed by atoms with Crippen LogP contribution in [-0.2, 0) is 14.6 Å². The molecule has 1 heterocycles. The molecule has 1 amide bonds. The van der Waals surface area contributed by atoms with Gasteiger partial charge in [-0.25, -0.2) is 13.2 Å². The van der Waals surface area contributed by atoms with Gasteiger partial charge in [0.2, 0.25) is 19.3 Å². The summed E-state index contributed by atoms with van der Waals surface area (Å²) in [7, 11) is -2.10. The van der Waals surface area contributed by atoms with Gasteiger partial charge in [0.15, 0.2) is 0 Å². The Labute approximate surface area is 203 Å². The third-order valence-electron chi connectivity index (χ3n) is 4.08. The lowest BCUT2D eigenvalue weighted by atomic mass is 10.1. The lowest BCUT2D eigenvalue weighted by Crippen LogP contribution is -2.13. The number of amides is 1. The molecule has 1 aromatic heterocycles. The van der Waals surface area contributed by atoms with E-state index in [-0.39, 0.29) is 31.4 Å². The minimum absolute atomic E-state index is 0.0737. The second-order valence-corrected chi connectivity index (χ2v) is 10.2. The van der Waals surface area contributed by atoms with Crippen LogP contribution in [0, 0.1) is 11.3 Å². The summed E-state index contributed by atoms with van der Waals surface area (Å²) in [4.78, 5) is 24.8. The van der Waals surface area contributed by atoms with E-state index in [4.69, 9.17) is 21.1 Å². The Morgan fingerprint density at radius 3 is 2.59 bits per heavy atom. The van der Waals surface area contributed by atoms with E-state index in [0.29, 0.717) is 22.6 Å². The van der Waals surface area contributed by atoms with Crippen LogP contribution in [0.1, 0.15) is 15.9 Å². The van der Waals surface area contributed by atoms with Crippen LogP contribution in [0.4, 0.5) is 5.13 Å². The number of sulfone groups is 1. The summed E-state index contributed by atoms with van der Waals surface area (Å²) in [6, 6.07) is 12.5. The van der Waals surface area contributed by atoms with Gasteiger partial charge in [0.1, 0.15) is 23.1 Å². The van der Waals surface area contributed by atoms with Crippen LogP contribution in [0.2, 0.25) is 5.02 Å². The van der Waals surface area contributed by atoms with Crippen LogP contribution in [0.5, 0.6) is 11.5 Å². The second-order valence-electron chi connectivity index (χ2n) is 6.58. The monoisotopic (exact) mass is 518 g/mol. The summed E-state index contributed by atoms with van der Waals surface area (Å²) in [5, 5.41) is 18.7. The number of anilines is 1. The average molecular weight is 519 g/mol. The van der Waals surface area contributed by atoms with E-state index in [1.807, 2.05) is 0 Å². The van der Waals surface area contributed by atoms with E-state index >= 15 is 0 Å². The quantitative estimate of drug-likeness (QED) is 0.163. The molecule has 3 aromatic rings. The summed E-state index contributed by atoms with van der Waals surface area (Å²) in [6.45, 7) is 0. The van der Waals surface area contributed by atoms with E-state index in [2.05, 4.69) is 15.5 Å². The van der Waals surface area contributed by atoms with Crippen LogP contribution in [0.3, 0.4) is 0 Å². The van der Waals surface area contributed by atoms with Gasteiger partial charge in [-0.05, 0) is 42.0 Å². The maximum absolute atomic E-state index is 12.4. The fourth-order valence-corrected chi connectivity index (χ4v) is 4.22. The van der Waals surface area contributed by atoms with Crippen molar-refractivity contribution in [1.82, 2.24) is 10.2 Å². The molecule has 3 rings (SSSR count). The first-order valence-electron chi connectivity index (χ1n) is 9.23. The SMILES string of the molecule is COc1cccc(C(=O)Oc2ccc(/C=C(/C#N)C(=O)Nc3nnc(S(C)(=O)=O)s3)cc2Cl)c1. The summed E-state index contributed by atoms with van der Waals surface area (Å²) < 4.78 is 33.1. The topological polar surface area (TPSA) is 148 Å². The summed E-state index contributed by atoms with van der Waals surface area (Å²) in [5.74, 6) is -0.892. The Hall–Kier alpha value is -3.79. The van der Waals surface area contributed by atoms with Crippen LogP contribution < -0.4 is 14.8 Å². The molecule has 2 aromatic carbocycles. The van der Waals surface area contributed by atoms with Crippen molar-refractivity contribution >= 4 is 55.9 Å². The third-order valence-corrected chi connectivity index (χ3v) is 6.89. The number of benzene rings is 2. The van der Waals surface area contributed by atoms with Gasteiger partial charge in [0.05, 0.1) is 17.7 Å². The van der Waals surface area contributed by atoms with Crippen molar-refractivity contribution in [2.45, 2.75) is 4.34 Å². The zero-order chi connectivity index (χ0) is 24.9. The number of rotatable bonds is 7. The molecule has 0 fully saturated rings. The lowest BCUT2D eigenvalue weighted by Gasteiger charge is -2.08. The van der Waals surface area contributed by atoms with Crippen molar-refractivity contribution < 1.29 is 27.5 Å². The number of hydrogen-bond acceptors (Lipinski definition) is 10. The average Bonchev–Trinajstić information content (AvgIpc) is 3.28. The van der Waals surface area contributed by atoms with E-state index in [1.54, 1.807) is 24.3 Å². The van der Waals surface area contributed by atoms with Crippen molar-refractivity contribution in [2.75, 3.05) is 18.7 Å². The molecule has 0 atom stereocenters. The van der Waals surface area contributed by atoms with E-state index in [1.165, 1.54) is 37.5 Å². The van der Waals surface area contributed by atoms with Gasteiger partial charge < -0.3 is 9.47 Å².